The maximum atomic E-state index is 13.1. The number of pyridine rings is 1. The van der Waals surface area contributed by atoms with E-state index in [0.29, 0.717) is 10.9 Å². The van der Waals surface area contributed by atoms with Gasteiger partial charge in [-0.15, -0.1) is 0 Å². The molecule has 1 saturated heterocycles. The van der Waals surface area contributed by atoms with E-state index in [0.717, 1.165) is 12.1 Å². The Bertz CT molecular complexity index is 1260. The number of nitrogens with two attached hydrogens (primary N) is 1. The molecule has 34 heavy (non-hydrogen) atoms. The molecule has 3 aromatic rings. The molecular formula is C21H19F3N6O4. The first-order valence-corrected chi connectivity index (χ1v) is 10.1. The monoisotopic (exact) mass is 476 g/mol. The molecular weight excluding hydrogens is 457 g/mol. The van der Waals surface area contributed by atoms with Crippen LogP contribution >= 0.6 is 0 Å². The number of para-hydroxylation sites is 1. The number of halogens is 3. The van der Waals surface area contributed by atoms with Crippen LogP contribution in [-0.4, -0.2) is 63.2 Å². The van der Waals surface area contributed by atoms with Gasteiger partial charge in [-0.1, -0.05) is 24.3 Å². The fourth-order valence-corrected chi connectivity index (χ4v) is 3.64. The zero-order chi connectivity index (χ0) is 24.5. The van der Waals surface area contributed by atoms with Crippen molar-refractivity contribution < 1.29 is 32.3 Å². The first-order chi connectivity index (χ1) is 16.1. The number of fused-ring (bicyclic) bond motifs is 1. The van der Waals surface area contributed by atoms with Crippen molar-refractivity contribution in [2.75, 3.05) is 25.1 Å². The first kappa shape index (κ1) is 23.2. The van der Waals surface area contributed by atoms with Gasteiger partial charge in [0.25, 0.3) is 11.8 Å². The minimum absolute atomic E-state index is 0.00953. The van der Waals surface area contributed by atoms with Gasteiger partial charge in [0.05, 0.1) is 18.7 Å². The summed E-state index contributed by atoms with van der Waals surface area (Å²) in [5, 5.41) is 6.94. The van der Waals surface area contributed by atoms with Gasteiger partial charge in [-0.05, 0) is 18.2 Å². The quantitative estimate of drug-likeness (QED) is 0.572. The number of primary amides is 1. The number of amides is 3. The highest BCUT2D eigenvalue weighted by Gasteiger charge is 2.35. The number of carbonyl (C=O) groups excluding carboxylic acids is 3. The Morgan fingerprint density at radius 1 is 1.15 bits per heavy atom. The number of nitrogens with zero attached hydrogens (tertiary/aromatic N) is 4. The van der Waals surface area contributed by atoms with E-state index in [1.807, 2.05) is 0 Å². The average molecular weight is 476 g/mol. The maximum Gasteiger partial charge on any atom is 0.433 e. The van der Waals surface area contributed by atoms with Crippen LogP contribution in [0, 0.1) is 0 Å². The zero-order valence-corrected chi connectivity index (χ0v) is 17.6. The second-order valence-electron chi connectivity index (χ2n) is 7.46. The van der Waals surface area contributed by atoms with Crippen LogP contribution in [0.3, 0.4) is 0 Å². The normalized spacial score (nSPS) is 16.4. The van der Waals surface area contributed by atoms with E-state index < -0.39 is 35.6 Å². The lowest BCUT2D eigenvalue weighted by atomic mass is 10.2. The van der Waals surface area contributed by atoms with E-state index in [4.69, 9.17) is 10.5 Å². The van der Waals surface area contributed by atoms with Crippen LogP contribution in [0.2, 0.25) is 0 Å². The molecule has 1 aromatic carbocycles. The summed E-state index contributed by atoms with van der Waals surface area (Å²) in [6.45, 7) is -0.194. The highest BCUT2D eigenvalue weighted by Crippen LogP contribution is 2.28. The summed E-state index contributed by atoms with van der Waals surface area (Å²) >= 11 is 0. The Hall–Kier alpha value is -4.00. The molecule has 2 aromatic heterocycles. The molecule has 3 amide bonds. The molecule has 0 saturated carbocycles. The van der Waals surface area contributed by atoms with Crippen molar-refractivity contribution in [3.05, 3.63) is 53.9 Å². The van der Waals surface area contributed by atoms with Gasteiger partial charge in [0, 0.05) is 11.9 Å². The Balaban J connectivity index is 1.53. The summed E-state index contributed by atoms with van der Waals surface area (Å²) in [4.78, 5) is 42.3. The number of ether oxygens (including phenoxy) is 1. The standard InChI is InChI=1S/C21H19F3N6O4/c22-21(23,24)15-6-3-7-16(26-15)27-20(33)14-11-34-9-8-29(14)17(31)10-30-13-5-2-1-4-12(13)18(28-30)19(25)32/h1-7,14H,8-11H2,(H2,25,32)(H,26,27,33)/t14-/m0/s1. The molecule has 1 atom stereocenters. The molecule has 0 radical (unpaired) electrons. The lowest BCUT2D eigenvalue weighted by Gasteiger charge is -2.34. The molecule has 3 N–H and O–H groups in total. The Labute approximate surface area is 190 Å². The molecule has 0 aliphatic carbocycles. The van der Waals surface area contributed by atoms with Crippen molar-refractivity contribution in [2.45, 2.75) is 18.8 Å². The summed E-state index contributed by atoms with van der Waals surface area (Å²) in [6.07, 6.45) is -4.67. The smallest absolute Gasteiger partial charge is 0.377 e. The first-order valence-electron chi connectivity index (χ1n) is 10.1. The number of rotatable bonds is 5. The van der Waals surface area contributed by atoms with Crippen LogP contribution < -0.4 is 11.1 Å². The maximum absolute atomic E-state index is 13.1. The minimum atomic E-state index is -4.67. The fraction of sp³-hybridized carbons (Fsp3) is 0.286. The van der Waals surface area contributed by atoms with Crippen molar-refractivity contribution in [2.24, 2.45) is 5.73 Å². The Morgan fingerprint density at radius 3 is 2.65 bits per heavy atom. The van der Waals surface area contributed by atoms with Crippen LogP contribution in [0.25, 0.3) is 10.9 Å². The number of carbonyl (C=O) groups is 3. The third kappa shape index (κ3) is 4.69. The van der Waals surface area contributed by atoms with Crippen molar-refractivity contribution in [1.29, 1.82) is 0 Å². The predicted molar refractivity (Wildman–Crippen MR) is 112 cm³/mol. The number of anilines is 1. The number of alkyl halides is 3. The Kier molecular flexibility index (Phi) is 6.20. The van der Waals surface area contributed by atoms with Gasteiger partial charge in [-0.3, -0.25) is 19.1 Å². The molecule has 3 heterocycles. The highest BCUT2D eigenvalue weighted by atomic mass is 19.4. The van der Waals surface area contributed by atoms with Crippen LogP contribution in [0.5, 0.6) is 0 Å². The van der Waals surface area contributed by atoms with Crippen molar-refractivity contribution in [3.8, 4) is 0 Å². The van der Waals surface area contributed by atoms with Gasteiger partial charge in [0.1, 0.15) is 24.1 Å². The third-order valence-corrected chi connectivity index (χ3v) is 5.22. The predicted octanol–water partition coefficient (Wildman–Crippen LogP) is 1.42. The number of benzene rings is 1. The fourth-order valence-electron chi connectivity index (χ4n) is 3.64. The molecule has 0 spiro atoms. The molecule has 4 rings (SSSR count). The summed E-state index contributed by atoms with van der Waals surface area (Å²) in [5.41, 5.74) is 4.74. The van der Waals surface area contributed by atoms with Crippen LogP contribution in [-0.2, 0) is 27.0 Å². The van der Waals surface area contributed by atoms with Crippen LogP contribution in [0.4, 0.5) is 19.0 Å². The zero-order valence-electron chi connectivity index (χ0n) is 17.6. The molecule has 0 unspecified atom stereocenters. The number of nitrogens with one attached hydrogen (secondary N) is 1. The van der Waals surface area contributed by atoms with E-state index in [1.54, 1.807) is 24.3 Å². The largest absolute Gasteiger partial charge is 0.433 e. The van der Waals surface area contributed by atoms with E-state index in [2.05, 4.69) is 15.4 Å². The summed E-state index contributed by atoms with van der Waals surface area (Å²) in [6, 6.07) is 8.74. The van der Waals surface area contributed by atoms with Gasteiger partial charge in [0.15, 0.2) is 5.69 Å². The second-order valence-corrected chi connectivity index (χ2v) is 7.46. The summed E-state index contributed by atoms with van der Waals surface area (Å²) in [5.74, 6) is -2.30. The lowest BCUT2D eigenvalue weighted by molar-refractivity contribution is -0.147. The summed E-state index contributed by atoms with van der Waals surface area (Å²) in [7, 11) is 0. The van der Waals surface area contributed by atoms with Gasteiger partial charge in [-0.2, -0.15) is 18.3 Å². The van der Waals surface area contributed by atoms with Crippen molar-refractivity contribution in [1.82, 2.24) is 19.7 Å². The number of hydrogen-bond acceptors (Lipinski definition) is 6. The minimum Gasteiger partial charge on any atom is -0.377 e. The topological polar surface area (TPSA) is 132 Å². The second kappa shape index (κ2) is 9.09. The highest BCUT2D eigenvalue weighted by molar-refractivity contribution is 6.04. The number of hydrogen-bond donors (Lipinski definition) is 2. The molecule has 1 fully saturated rings. The third-order valence-electron chi connectivity index (χ3n) is 5.22. The van der Waals surface area contributed by atoms with Crippen LogP contribution in [0.15, 0.2) is 42.5 Å². The van der Waals surface area contributed by atoms with Gasteiger partial charge in [0.2, 0.25) is 5.91 Å². The van der Waals surface area contributed by atoms with E-state index in [1.165, 1.54) is 15.6 Å². The van der Waals surface area contributed by atoms with E-state index in [-0.39, 0.29) is 37.8 Å². The average Bonchev–Trinajstić information content (AvgIpc) is 3.17. The van der Waals surface area contributed by atoms with Gasteiger partial charge < -0.3 is 20.7 Å². The number of aromatic nitrogens is 3. The van der Waals surface area contributed by atoms with Crippen molar-refractivity contribution >= 4 is 34.4 Å². The molecule has 1 aliphatic rings. The Morgan fingerprint density at radius 2 is 1.91 bits per heavy atom. The van der Waals surface area contributed by atoms with E-state index >= 15 is 0 Å². The SMILES string of the molecule is NC(=O)c1nn(CC(=O)N2CCOC[C@H]2C(=O)Nc2cccc(C(F)(F)F)n2)c2ccccc12. The summed E-state index contributed by atoms with van der Waals surface area (Å²) < 4.78 is 45.4. The molecule has 1 aliphatic heterocycles. The lowest BCUT2D eigenvalue weighted by Crippen LogP contribution is -2.55. The van der Waals surface area contributed by atoms with Crippen LogP contribution in [0.1, 0.15) is 16.2 Å². The molecule has 13 heteroatoms. The molecule has 0 bridgehead atoms. The molecule has 10 nitrogen and oxygen atoms in total. The number of morpholine rings is 1. The van der Waals surface area contributed by atoms with E-state index in [9.17, 15) is 27.6 Å². The van der Waals surface area contributed by atoms with Gasteiger partial charge in [-0.25, -0.2) is 4.98 Å². The van der Waals surface area contributed by atoms with Crippen molar-refractivity contribution in [3.63, 3.8) is 0 Å². The molecule has 178 valence electrons. The van der Waals surface area contributed by atoms with Gasteiger partial charge >= 0.3 is 6.18 Å².